The third kappa shape index (κ3) is 5.53. The lowest BCUT2D eigenvalue weighted by molar-refractivity contribution is 0.153. The maximum atomic E-state index is 12.9. The molecule has 1 aliphatic rings. The van der Waals surface area contributed by atoms with E-state index < -0.39 is 15.9 Å². The quantitative estimate of drug-likeness (QED) is 0.781. The summed E-state index contributed by atoms with van der Waals surface area (Å²) in [6.45, 7) is 3.32. The van der Waals surface area contributed by atoms with Gasteiger partial charge in [-0.25, -0.2) is 17.6 Å². The molecular weight excluding hydrogens is 383 g/mol. The first-order chi connectivity index (χ1) is 13.3. The fourth-order valence-corrected chi connectivity index (χ4v) is 3.71. The first-order valence-corrected chi connectivity index (χ1v) is 10.9. The van der Waals surface area contributed by atoms with E-state index in [1.165, 1.54) is 30.5 Å². The molecule has 150 valence electrons. The van der Waals surface area contributed by atoms with Gasteiger partial charge in [0.05, 0.1) is 4.90 Å². The highest BCUT2D eigenvalue weighted by atomic mass is 32.2. The standard InChI is InChI=1S/C20H23FN2O4S/c1-28(25,26)19-9-3-16(4-10-19)15-22-11-2-12-23(14-13-22)20(24)27-18-7-5-17(21)6-8-18/h3-10H,2,11-15H2,1H3. The average molecular weight is 406 g/mol. The Hall–Kier alpha value is -2.45. The summed E-state index contributed by atoms with van der Waals surface area (Å²) in [4.78, 5) is 16.5. The summed E-state index contributed by atoms with van der Waals surface area (Å²) >= 11 is 0. The number of ether oxygens (including phenoxy) is 1. The lowest BCUT2D eigenvalue weighted by Gasteiger charge is -2.21. The van der Waals surface area contributed by atoms with Crippen LogP contribution >= 0.6 is 0 Å². The average Bonchev–Trinajstić information content (AvgIpc) is 2.89. The molecule has 6 nitrogen and oxygen atoms in total. The van der Waals surface area contributed by atoms with E-state index in [1.807, 2.05) is 12.1 Å². The number of nitrogens with zero attached hydrogens (tertiary/aromatic N) is 2. The van der Waals surface area contributed by atoms with E-state index in [4.69, 9.17) is 4.74 Å². The molecule has 1 heterocycles. The van der Waals surface area contributed by atoms with E-state index in [9.17, 15) is 17.6 Å². The molecule has 0 radical (unpaired) electrons. The van der Waals surface area contributed by atoms with E-state index in [-0.39, 0.29) is 5.82 Å². The minimum absolute atomic E-state index is 0.307. The third-order valence-corrected chi connectivity index (χ3v) is 5.75. The van der Waals surface area contributed by atoms with Crippen LogP contribution in [0.15, 0.2) is 53.4 Å². The van der Waals surface area contributed by atoms with Gasteiger partial charge in [0.25, 0.3) is 0 Å². The van der Waals surface area contributed by atoms with E-state index >= 15 is 0 Å². The Bertz CT molecular complexity index is 914. The molecule has 0 bridgehead atoms. The van der Waals surface area contributed by atoms with Crippen molar-refractivity contribution < 1.29 is 22.3 Å². The third-order valence-electron chi connectivity index (χ3n) is 4.62. The highest BCUT2D eigenvalue weighted by Gasteiger charge is 2.21. The van der Waals surface area contributed by atoms with Crippen LogP contribution in [0.3, 0.4) is 0 Å². The summed E-state index contributed by atoms with van der Waals surface area (Å²) in [5.74, 6) is -0.0618. The zero-order valence-corrected chi connectivity index (χ0v) is 16.5. The van der Waals surface area contributed by atoms with Crippen LogP contribution in [0.2, 0.25) is 0 Å². The number of hydrogen-bond acceptors (Lipinski definition) is 5. The first kappa shape index (κ1) is 20.3. The van der Waals surface area contributed by atoms with Gasteiger partial charge >= 0.3 is 6.09 Å². The zero-order chi connectivity index (χ0) is 20.1. The molecule has 2 aromatic carbocycles. The van der Waals surface area contributed by atoms with Crippen molar-refractivity contribution in [1.29, 1.82) is 0 Å². The van der Waals surface area contributed by atoms with Crippen LogP contribution < -0.4 is 4.74 Å². The van der Waals surface area contributed by atoms with Gasteiger partial charge < -0.3 is 9.64 Å². The molecule has 1 aliphatic heterocycles. The van der Waals surface area contributed by atoms with Crippen LogP contribution in [-0.4, -0.2) is 56.7 Å². The molecule has 0 unspecified atom stereocenters. The summed E-state index contributed by atoms with van der Waals surface area (Å²) in [5, 5.41) is 0. The number of halogens is 1. The zero-order valence-electron chi connectivity index (χ0n) is 15.7. The number of carbonyl (C=O) groups excluding carboxylic acids is 1. The molecule has 0 N–H and O–H groups in total. The summed E-state index contributed by atoms with van der Waals surface area (Å²) < 4.78 is 41.4. The minimum Gasteiger partial charge on any atom is -0.410 e. The Labute approximate surface area is 164 Å². The van der Waals surface area contributed by atoms with Crippen molar-refractivity contribution in [1.82, 2.24) is 9.80 Å². The van der Waals surface area contributed by atoms with Crippen molar-refractivity contribution >= 4 is 15.9 Å². The molecule has 0 aromatic heterocycles. The van der Waals surface area contributed by atoms with Gasteiger partial charge in [-0.15, -0.1) is 0 Å². The maximum absolute atomic E-state index is 12.9. The SMILES string of the molecule is CS(=O)(=O)c1ccc(CN2CCCN(C(=O)Oc3ccc(F)cc3)CC2)cc1. The van der Waals surface area contributed by atoms with Crippen molar-refractivity contribution in [3.05, 3.63) is 59.9 Å². The van der Waals surface area contributed by atoms with Crippen LogP contribution in [0.1, 0.15) is 12.0 Å². The second kappa shape index (κ2) is 8.70. The van der Waals surface area contributed by atoms with Crippen LogP contribution in [0.4, 0.5) is 9.18 Å². The maximum Gasteiger partial charge on any atom is 0.415 e. The summed E-state index contributed by atoms with van der Waals surface area (Å²) in [5.41, 5.74) is 1.02. The Morgan fingerprint density at radius 3 is 2.32 bits per heavy atom. The Morgan fingerprint density at radius 2 is 1.68 bits per heavy atom. The molecule has 2 aromatic rings. The van der Waals surface area contributed by atoms with E-state index in [1.54, 1.807) is 17.0 Å². The van der Waals surface area contributed by atoms with E-state index in [0.717, 1.165) is 18.5 Å². The monoisotopic (exact) mass is 406 g/mol. The molecular formula is C20H23FN2O4S. The molecule has 0 saturated carbocycles. The van der Waals surface area contributed by atoms with Gasteiger partial charge in [-0.05, 0) is 48.4 Å². The molecule has 8 heteroatoms. The van der Waals surface area contributed by atoms with Gasteiger partial charge in [-0.2, -0.15) is 0 Å². The molecule has 0 atom stereocenters. The molecule has 0 spiro atoms. The molecule has 1 amide bonds. The van der Waals surface area contributed by atoms with Gasteiger partial charge in [0.2, 0.25) is 0 Å². The van der Waals surface area contributed by atoms with Crippen LogP contribution in [0.25, 0.3) is 0 Å². The van der Waals surface area contributed by atoms with E-state index in [0.29, 0.717) is 36.8 Å². The first-order valence-electron chi connectivity index (χ1n) is 9.05. The normalized spacial score (nSPS) is 15.9. The summed E-state index contributed by atoms with van der Waals surface area (Å²) in [7, 11) is -3.20. The molecule has 1 saturated heterocycles. The lowest BCUT2D eigenvalue weighted by Crippen LogP contribution is -2.36. The van der Waals surface area contributed by atoms with Crippen LogP contribution in [-0.2, 0) is 16.4 Å². The molecule has 0 aliphatic carbocycles. The van der Waals surface area contributed by atoms with Gasteiger partial charge in [0.15, 0.2) is 9.84 Å². The van der Waals surface area contributed by atoms with Crippen molar-refractivity contribution in [2.24, 2.45) is 0 Å². The fraction of sp³-hybridized carbons (Fsp3) is 0.350. The van der Waals surface area contributed by atoms with Crippen molar-refractivity contribution in [2.75, 3.05) is 32.4 Å². The summed E-state index contributed by atoms with van der Waals surface area (Å²) in [6, 6.07) is 12.2. The van der Waals surface area contributed by atoms with Crippen molar-refractivity contribution in [2.45, 2.75) is 17.9 Å². The van der Waals surface area contributed by atoms with Crippen molar-refractivity contribution in [3.63, 3.8) is 0 Å². The summed E-state index contributed by atoms with van der Waals surface area (Å²) in [6.07, 6.45) is 1.56. The topological polar surface area (TPSA) is 66.9 Å². The molecule has 28 heavy (non-hydrogen) atoms. The van der Waals surface area contributed by atoms with Gasteiger partial charge in [0.1, 0.15) is 11.6 Å². The number of amides is 1. The number of sulfone groups is 1. The number of carbonyl (C=O) groups is 1. The van der Waals surface area contributed by atoms with Crippen molar-refractivity contribution in [3.8, 4) is 5.75 Å². The predicted octanol–water partition coefficient (Wildman–Crippen LogP) is 2.94. The number of hydrogen-bond donors (Lipinski definition) is 0. The van der Waals surface area contributed by atoms with Gasteiger partial charge in [-0.3, -0.25) is 4.90 Å². The van der Waals surface area contributed by atoms with Gasteiger partial charge in [-0.1, -0.05) is 12.1 Å². The van der Waals surface area contributed by atoms with Gasteiger partial charge in [0, 0.05) is 39.0 Å². The van der Waals surface area contributed by atoms with E-state index in [2.05, 4.69) is 4.90 Å². The second-order valence-corrected chi connectivity index (χ2v) is 8.87. The number of rotatable bonds is 4. The Morgan fingerprint density at radius 1 is 1.00 bits per heavy atom. The Balaban J connectivity index is 1.54. The highest BCUT2D eigenvalue weighted by Crippen LogP contribution is 2.16. The Kier molecular flexibility index (Phi) is 6.31. The van der Waals surface area contributed by atoms with Crippen LogP contribution in [0, 0.1) is 5.82 Å². The molecule has 3 rings (SSSR count). The highest BCUT2D eigenvalue weighted by molar-refractivity contribution is 7.90. The second-order valence-electron chi connectivity index (χ2n) is 6.85. The smallest absolute Gasteiger partial charge is 0.410 e. The minimum atomic E-state index is -3.20. The number of benzene rings is 2. The largest absolute Gasteiger partial charge is 0.415 e. The lowest BCUT2D eigenvalue weighted by atomic mass is 10.2. The fourth-order valence-electron chi connectivity index (χ4n) is 3.08. The van der Waals surface area contributed by atoms with Crippen LogP contribution in [0.5, 0.6) is 5.75 Å². The predicted molar refractivity (Wildman–Crippen MR) is 103 cm³/mol. The molecule has 1 fully saturated rings.